The number of hydrogen-bond donors (Lipinski definition) is 0. The van der Waals surface area contributed by atoms with E-state index in [0.717, 1.165) is 11.3 Å². The number of hydrogen-bond acceptors (Lipinski definition) is 4. The first kappa shape index (κ1) is 14.0. The summed E-state index contributed by atoms with van der Waals surface area (Å²) in [5.74, 6) is 0. The van der Waals surface area contributed by atoms with Crippen molar-refractivity contribution in [3.63, 3.8) is 0 Å². The Labute approximate surface area is 112 Å². The molecule has 0 aromatic heterocycles. The molecule has 4 heteroatoms. The standard InChI is InChI=1S/C15H12N4/c1-19(2)15-7-4-12(5-8-15)3-6-13(9-16)14(10-17)11-18/h3-8H,1-2H3/b6-3+. The fourth-order valence-corrected chi connectivity index (χ4v) is 1.39. The Morgan fingerprint density at radius 1 is 1.00 bits per heavy atom. The average molecular weight is 248 g/mol. The van der Waals surface area contributed by atoms with Crippen LogP contribution in [0.2, 0.25) is 0 Å². The number of nitriles is 3. The monoisotopic (exact) mass is 248 g/mol. The van der Waals surface area contributed by atoms with Crippen molar-refractivity contribution in [2.45, 2.75) is 0 Å². The quantitative estimate of drug-likeness (QED) is 0.608. The van der Waals surface area contributed by atoms with Crippen molar-refractivity contribution in [3.05, 3.63) is 47.1 Å². The fourth-order valence-electron chi connectivity index (χ4n) is 1.39. The molecule has 0 aliphatic rings. The molecule has 0 spiro atoms. The molecule has 1 rings (SSSR count). The Bertz CT molecular complexity index is 613. The minimum absolute atomic E-state index is 0.0710. The number of allylic oxidation sites excluding steroid dienone is 3. The highest BCUT2D eigenvalue weighted by molar-refractivity contribution is 5.62. The summed E-state index contributed by atoms with van der Waals surface area (Å²) in [6.45, 7) is 0. The lowest BCUT2D eigenvalue weighted by Gasteiger charge is -2.11. The Kier molecular flexibility index (Phi) is 4.91. The fraction of sp³-hybridized carbons (Fsp3) is 0.133. The maximum Gasteiger partial charge on any atom is 0.147 e. The van der Waals surface area contributed by atoms with Crippen LogP contribution in [0, 0.1) is 34.0 Å². The van der Waals surface area contributed by atoms with Crippen LogP contribution in [0.4, 0.5) is 5.69 Å². The molecular formula is C15H12N4. The lowest BCUT2D eigenvalue weighted by atomic mass is 10.1. The van der Waals surface area contributed by atoms with E-state index in [9.17, 15) is 0 Å². The second-order valence-corrected chi connectivity index (χ2v) is 3.94. The van der Waals surface area contributed by atoms with E-state index in [1.807, 2.05) is 49.3 Å². The largest absolute Gasteiger partial charge is 0.378 e. The molecule has 92 valence electrons. The topological polar surface area (TPSA) is 74.6 Å². The van der Waals surface area contributed by atoms with E-state index in [2.05, 4.69) is 0 Å². The van der Waals surface area contributed by atoms with Crippen LogP contribution in [0.25, 0.3) is 6.08 Å². The second kappa shape index (κ2) is 6.64. The predicted molar refractivity (Wildman–Crippen MR) is 73.7 cm³/mol. The van der Waals surface area contributed by atoms with E-state index in [1.54, 1.807) is 18.2 Å². The average Bonchev–Trinajstić information content (AvgIpc) is 2.43. The number of nitrogens with zero attached hydrogens (tertiary/aromatic N) is 4. The summed E-state index contributed by atoms with van der Waals surface area (Å²) in [6.07, 6.45) is 3.18. The van der Waals surface area contributed by atoms with Gasteiger partial charge in [-0.1, -0.05) is 18.2 Å². The summed E-state index contributed by atoms with van der Waals surface area (Å²) in [7, 11) is 3.90. The van der Waals surface area contributed by atoms with Crippen LogP contribution in [0.3, 0.4) is 0 Å². The molecular weight excluding hydrogens is 236 g/mol. The zero-order valence-electron chi connectivity index (χ0n) is 10.8. The zero-order chi connectivity index (χ0) is 14.3. The lowest BCUT2D eigenvalue weighted by molar-refractivity contribution is 1.13. The maximum absolute atomic E-state index is 8.89. The summed E-state index contributed by atoms with van der Waals surface area (Å²) in [5, 5.41) is 26.3. The molecule has 0 amide bonds. The first-order valence-corrected chi connectivity index (χ1v) is 5.52. The van der Waals surface area contributed by atoms with Gasteiger partial charge in [-0.2, -0.15) is 15.8 Å². The molecule has 0 radical (unpaired) electrons. The molecule has 19 heavy (non-hydrogen) atoms. The van der Waals surface area contributed by atoms with Gasteiger partial charge in [0.25, 0.3) is 0 Å². The maximum atomic E-state index is 8.89. The van der Waals surface area contributed by atoms with Crippen molar-refractivity contribution >= 4 is 11.8 Å². The van der Waals surface area contributed by atoms with Crippen LogP contribution in [-0.2, 0) is 0 Å². The molecule has 0 heterocycles. The number of anilines is 1. The van der Waals surface area contributed by atoms with E-state index in [1.165, 1.54) is 6.08 Å². The zero-order valence-corrected chi connectivity index (χ0v) is 10.8. The van der Waals surface area contributed by atoms with Gasteiger partial charge in [-0.15, -0.1) is 0 Å². The van der Waals surface area contributed by atoms with E-state index in [0.29, 0.717) is 0 Å². The van der Waals surface area contributed by atoms with Crippen LogP contribution in [0.15, 0.2) is 41.5 Å². The summed E-state index contributed by atoms with van der Waals surface area (Å²) in [4.78, 5) is 1.98. The highest BCUT2D eigenvalue weighted by Gasteiger charge is 2.01. The molecule has 0 atom stereocenters. The third-order valence-electron chi connectivity index (χ3n) is 2.47. The lowest BCUT2D eigenvalue weighted by Crippen LogP contribution is -2.07. The van der Waals surface area contributed by atoms with Crippen molar-refractivity contribution in [1.29, 1.82) is 15.8 Å². The molecule has 0 fully saturated rings. The molecule has 0 saturated carbocycles. The third kappa shape index (κ3) is 3.73. The molecule has 0 aliphatic heterocycles. The van der Waals surface area contributed by atoms with Gasteiger partial charge in [0.05, 0.1) is 5.57 Å². The van der Waals surface area contributed by atoms with Crippen molar-refractivity contribution in [2.24, 2.45) is 0 Å². The highest BCUT2D eigenvalue weighted by atomic mass is 15.1. The molecule has 1 aromatic carbocycles. The van der Waals surface area contributed by atoms with Gasteiger partial charge in [0, 0.05) is 19.8 Å². The van der Waals surface area contributed by atoms with Crippen molar-refractivity contribution in [1.82, 2.24) is 0 Å². The summed E-state index contributed by atoms with van der Waals surface area (Å²) in [5.41, 5.74) is 1.86. The SMILES string of the molecule is CN(C)c1ccc(/C=C/C(C#N)=C(C#N)C#N)cc1. The van der Waals surface area contributed by atoms with Crippen LogP contribution >= 0.6 is 0 Å². The minimum atomic E-state index is -0.177. The van der Waals surface area contributed by atoms with Gasteiger partial charge in [0.2, 0.25) is 0 Å². The van der Waals surface area contributed by atoms with Gasteiger partial charge in [0.1, 0.15) is 23.8 Å². The van der Waals surface area contributed by atoms with Gasteiger partial charge < -0.3 is 4.90 Å². The predicted octanol–water partition coefficient (Wildman–Crippen LogP) is 2.63. The van der Waals surface area contributed by atoms with E-state index < -0.39 is 0 Å². The van der Waals surface area contributed by atoms with Gasteiger partial charge in [0.15, 0.2) is 0 Å². The second-order valence-electron chi connectivity index (χ2n) is 3.94. The minimum Gasteiger partial charge on any atom is -0.378 e. The smallest absolute Gasteiger partial charge is 0.147 e. The van der Waals surface area contributed by atoms with Gasteiger partial charge >= 0.3 is 0 Å². The Morgan fingerprint density at radius 3 is 2.00 bits per heavy atom. The van der Waals surface area contributed by atoms with Crippen LogP contribution < -0.4 is 4.90 Å². The molecule has 0 saturated heterocycles. The summed E-state index contributed by atoms with van der Waals surface area (Å²) in [6, 6.07) is 12.9. The van der Waals surface area contributed by atoms with Gasteiger partial charge in [-0.25, -0.2) is 0 Å². The van der Waals surface area contributed by atoms with Crippen LogP contribution in [-0.4, -0.2) is 14.1 Å². The van der Waals surface area contributed by atoms with Gasteiger partial charge in [-0.3, -0.25) is 0 Å². The van der Waals surface area contributed by atoms with Crippen molar-refractivity contribution in [3.8, 4) is 18.2 Å². The molecule has 0 unspecified atom stereocenters. The van der Waals surface area contributed by atoms with Crippen molar-refractivity contribution in [2.75, 3.05) is 19.0 Å². The first-order chi connectivity index (χ1) is 9.12. The molecule has 1 aromatic rings. The van der Waals surface area contributed by atoms with E-state index in [4.69, 9.17) is 15.8 Å². The van der Waals surface area contributed by atoms with Gasteiger partial charge in [-0.05, 0) is 23.8 Å². The number of rotatable bonds is 3. The first-order valence-electron chi connectivity index (χ1n) is 5.52. The Balaban J connectivity index is 3.00. The highest BCUT2D eigenvalue weighted by Crippen LogP contribution is 2.14. The van der Waals surface area contributed by atoms with E-state index >= 15 is 0 Å². The molecule has 4 nitrogen and oxygen atoms in total. The van der Waals surface area contributed by atoms with Crippen LogP contribution in [0.5, 0.6) is 0 Å². The van der Waals surface area contributed by atoms with Crippen molar-refractivity contribution < 1.29 is 0 Å². The van der Waals surface area contributed by atoms with Crippen LogP contribution in [0.1, 0.15) is 5.56 Å². The Morgan fingerprint density at radius 2 is 1.58 bits per heavy atom. The number of benzene rings is 1. The third-order valence-corrected chi connectivity index (χ3v) is 2.47. The summed E-state index contributed by atoms with van der Waals surface area (Å²) < 4.78 is 0. The molecule has 0 aliphatic carbocycles. The molecule has 0 bridgehead atoms. The Hall–Kier alpha value is -3.03. The normalized spacial score (nSPS) is 9.21. The van der Waals surface area contributed by atoms with E-state index in [-0.39, 0.29) is 11.1 Å². The molecule has 0 N–H and O–H groups in total. The summed E-state index contributed by atoms with van der Waals surface area (Å²) >= 11 is 0.